The summed E-state index contributed by atoms with van der Waals surface area (Å²) in [6, 6.07) is -0.272. The minimum Gasteiger partial charge on any atom is -0.469 e. The highest BCUT2D eigenvalue weighted by molar-refractivity contribution is 5.78. The Hall–Kier alpha value is -1.30. The molecule has 0 aromatic carbocycles. The van der Waals surface area contributed by atoms with Crippen molar-refractivity contribution >= 4 is 12.1 Å². The van der Waals surface area contributed by atoms with E-state index in [0.29, 0.717) is 6.42 Å². The zero-order valence-corrected chi connectivity index (χ0v) is 11.6. The van der Waals surface area contributed by atoms with Crippen LogP contribution in [0.15, 0.2) is 0 Å². The third-order valence-electron chi connectivity index (χ3n) is 3.97. The number of morpholine rings is 1. The van der Waals surface area contributed by atoms with Crippen molar-refractivity contribution in [2.24, 2.45) is 5.92 Å². The van der Waals surface area contributed by atoms with Crippen molar-refractivity contribution in [3.63, 3.8) is 0 Å². The first-order valence-electron chi connectivity index (χ1n) is 6.58. The molecule has 6 heteroatoms. The summed E-state index contributed by atoms with van der Waals surface area (Å²) in [6.07, 6.45) is 0.316. The Bertz CT molecular complexity index is 429. The lowest BCUT2D eigenvalue weighted by molar-refractivity contribution is -0.146. The number of fused-ring (bicyclic) bond motifs is 5. The number of ether oxygens (including phenoxy) is 3. The van der Waals surface area contributed by atoms with Gasteiger partial charge in [-0.1, -0.05) is 0 Å². The zero-order valence-electron chi connectivity index (χ0n) is 11.6. The second-order valence-corrected chi connectivity index (χ2v) is 6.38. The van der Waals surface area contributed by atoms with Crippen LogP contribution in [0.1, 0.15) is 27.2 Å². The normalized spacial score (nSPS) is 38.9. The first kappa shape index (κ1) is 12.7. The highest BCUT2D eigenvalue weighted by Gasteiger charge is 2.71. The van der Waals surface area contributed by atoms with Crippen molar-refractivity contribution in [2.45, 2.75) is 57.1 Å². The summed E-state index contributed by atoms with van der Waals surface area (Å²) < 4.78 is 15.7. The summed E-state index contributed by atoms with van der Waals surface area (Å²) in [5.41, 5.74) is -0.537. The summed E-state index contributed by atoms with van der Waals surface area (Å²) in [5.74, 6) is -0.554. The monoisotopic (exact) mass is 269 g/mol. The van der Waals surface area contributed by atoms with Gasteiger partial charge in [0.1, 0.15) is 17.8 Å². The average Bonchev–Trinajstić information content (AvgIpc) is 2.94. The first-order chi connectivity index (χ1) is 8.83. The van der Waals surface area contributed by atoms with E-state index in [1.165, 1.54) is 7.11 Å². The van der Waals surface area contributed by atoms with Crippen LogP contribution in [-0.4, -0.2) is 54.0 Å². The Labute approximate surface area is 112 Å². The van der Waals surface area contributed by atoms with E-state index in [9.17, 15) is 9.59 Å². The fourth-order valence-electron chi connectivity index (χ4n) is 3.29. The van der Waals surface area contributed by atoms with Gasteiger partial charge in [-0.2, -0.15) is 0 Å². The van der Waals surface area contributed by atoms with Crippen molar-refractivity contribution in [3.8, 4) is 0 Å². The van der Waals surface area contributed by atoms with E-state index < -0.39 is 5.60 Å². The number of hydrogen-bond donors (Lipinski definition) is 0. The fourth-order valence-corrected chi connectivity index (χ4v) is 3.29. The molecule has 3 saturated heterocycles. The predicted octanol–water partition coefficient (Wildman–Crippen LogP) is 0.935. The molecule has 5 atom stereocenters. The number of hydrogen-bond acceptors (Lipinski definition) is 5. The maximum atomic E-state index is 12.2. The van der Waals surface area contributed by atoms with Gasteiger partial charge in [-0.3, -0.25) is 9.69 Å². The van der Waals surface area contributed by atoms with Crippen LogP contribution < -0.4 is 0 Å². The molecular formula is C13H19NO5. The quantitative estimate of drug-likeness (QED) is 0.523. The van der Waals surface area contributed by atoms with Crippen molar-refractivity contribution in [2.75, 3.05) is 7.11 Å². The summed E-state index contributed by atoms with van der Waals surface area (Å²) in [5, 5.41) is 0. The maximum absolute atomic E-state index is 12.2. The topological polar surface area (TPSA) is 68.4 Å². The van der Waals surface area contributed by atoms with Gasteiger partial charge < -0.3 is 14.2 Å². The molecule has 3 rings (SSSR count). The van der Waals surface area contributed by atoms with Gasteiger partial charge in [0.15, 0.2) is 0 Å². The summed E-state index contributed by atoms with van der Waals surface area (Å²) in [4.78, 5) is 25.7. The third kappa shape index (κ3) is 1.89. The molecular weight excluding hydrogens is 250 g/mol. The van der Waals surface area contributed by atoms with Crippen molar-refractivity contribution in [3.05, 3.63) is 0 Å². The number of esters is 1. The summed E-state index contributed by atoms with van der Waals surface area (Å²) >= 11 is 0. The standard InChI is InChI=1S/C13H19NO5/c1-13(2,3)19-12(16)14-7-5-6(11(15)17-4)8(14)10-9(7)18-10/h6-10H,5H2,1-4H3/t6-,7+,8-,9+,10-/m1/s1. The van der Waals surface area contributed by atoms with Gasteiger partial charge in [0.2, 0.25) is 0 Å². The molecule has 6 nitrogen and oxygen atoms in total. The Morgan fingerprint density at radius 2 is 1.95 bits per heavy atom. The minimum absolute atomic E-state index is 0.0182. The van der Waals surface area contributed by atoms with Crippen LogP contribution >= 0.6 is 0 Å². The Balaban J connectivity index is 1.77. The lowest BCUT2D eigenvalue weighted by Gasteiger charge is -2.29. The van der Waals surface area contributed by atoms with Gasteiger partial charge in [0.25, 0.3) is 0 Å². The molecule has 0 N–H and O–H groups in total. The smallest absolute Gasteiger partial charge is 0.410 e. The van der Waals surface area contributed by atoms with Gasteiger partial charge in [0, 0.05) is 0 Å². The van der Waals surface area contributed by atoms with E-state index in [0.717, 1.165) is 0 Å². The van der Waals surface area contributed by atoms with E-state index in [1.54, 1.807) is 4.90 Å². The minimum atomic E-state index is -0.537. The van der Waals surface area contributed by atoms with Gasteiger partial charge >= 0.3 is 12.1 Å². The van der Waals surface area contributed by atoms with Crippen molar-refractivity contribution < 1.29 is 23.8 Å². The van der Waals surface area contributed by atoms with E-state index >= 15 is 0 Å². The van der Waals surface area contributed by atoms with E-state index in [2.05, 4.69) is 0 Å². The number of methoxy groups -OCH3 is 1. The van der Waals surface area contributed by atoms with Crippen LogP contribution in [0.2, 0.25) is 0 Å². The number of amides is 1. The molecule has 0 aromatic rings. The fraction of sp³-hybridized carbons (Fsp3) is 0.846. The first-order valence-corrected chi connectivity index (χ1v) is 6.58. The largest absolute Gasteiger partial charge is 0.469 e. The second-order valence-electron chi connectivity index (χ2n) is 6.38. The zero-order chi connectivity index (χ0) is 13.9. The Morgan fingerprint density at radius 3 is 2.53 bits per heavy atom. The molecule has 0 radical (unpaired) electrons. The van der Waals surface area contributed by atoms with Gasteiger partial charge in [-0.05, 0) is 27.2 Å². The van der Waals surface area contributed by atoms with Crippen LogP contribution in [0.4, 0.5) is 4.79 Å². The molecule has 0 unspecified atom stereocenters. The number of carbonyl (C=O) groups is 2. The van der Waals surface area contributed by atoms with Gasteiger partial charge in [-0.15, -0.1) is 0 Å². The highest BCUT2D eigenvalue weighted by Crippen LogP contribution is 2.53. The number of carbonyl (C=O) groups excluding carboxylic acids is 2. The second kappa shape index (κ2) is 3.85. The third-order valence-corrected chi connectivity index (χ3v) is 3.97. The molecule has 1 amide bonds. The van der Waals surface area contributed by atoms with E-state index in [-0.39, 0.29) is 42.3 Å². The molecule has 0 aliphatic carbocycles. The molecule has 0 saturated carbocycles. The average molecular weight is 269 g/mol. The molecule has 3 aliphatic rings. The van der Waals surface area contributed by atoms with Gasteiger partial charge in [0.05, 0.1) is 25.1 Å². The maximum Gasteiger partial charge on any atom is 0.410 e. The van der Waals surface area contributed by atoms with Gasteiger partial charge in [-0.25, -0.2) is 4.79 Å². The van der Waals surface area contributed by atoms with Crippen molar-refractivity contribution in [1.29, 1.82) is 0 Å². The molecule has 2 bridgehead atoms. The van der Waals surface area contributed by atoms with E-state index in [4.69, 9.17) is 14.2 Å². The van der Waals surface area contributed by atoms with Crippen LogP contribution in [0, 0.1) is 5.92 Å². The predicted molar refractivity (Wildman–Crippen MR) is 64.4 cm³/mol. The Kier molecular flexibility index (Phi) is 2.58. The van der Waals surface area contributed by atoms with Crippen LogP contribution in [0.25, 0.3) is 0 Å². The molecule has 106 valence electrons. The number of epoxide rings is 1. The van der Waals surface area contributed by atoms with Crippen molar-refractivity contribution in [1.82, 2.24) is 4.90 Å². The molecule has 0 spiro atoms. The molecule has 3 fully saturated rings. The SMILES string of the molecule is COC(=O)[C@@H]1C[C@H]2[C@@H]3O[C@@H]3[C@@H]1N2C(=O)OC(C)(C)C. The summed E-state index contributed by atoms with van der Waals surface area (Å²) in [7, 11) is 1.37. The molecule has 0 aromatic heterocycles. The number of rotatable bonds is 1. The summed E-state index contributed by atoms with van der Waals surface area (Å²) in [6.45, 7) is 5.49. The molecule has 3 aliphatic heterocycles. The lowest BCUT2D eigenvalue weighted by Crippen LogP contribution is -2.44. The van der Waals surface area contributed by atoms with E-state index in [1.807, 2.05) is 20.8 Å². The van der Waals surface area contributed by atoms with Crippen LogP contribution in [0.5, 0.6) is 0 Å². The Morgan fingerprint density at radius 1 is 1.26 bits per heavy atom. The van der Waals surface area contributed by atoms with Crippen LogP contribution in [-0.2, 0) is 19.0 Å². The molecule has 3 heterocycles. The number of nitrogens with zero attached hydrogens (tertiary/aromatic N) is 1. The van der Waals surface area contributed by atoms with Crippen LogP contribution in [0.3, 0.4) is 0 Å². The lowest BCUT2D eigenvalue weighted by atomic mass is 9.89. The molecule has 19 heavy (non-hydrogen) atoms. The highest BCUT2D eigenvalue weighted by atomic mass is 16.6.